The molecule has 68 valence electrons. The van der Waals surface area contributed by atoms with E-state index in [2.05, 4.69) is 10.6 Å². The maximum atomic E-state index is 11.2. The first-order chi connectivity index (χ1) is 6.16. The molecule has 1 aromatic carbocycles. The highest BCUT2D eigenvalue weighted by molar-refractivity contribution is 6.02. The highest BCUT2D eigenvalue weighted by atomic mass is 16.3. The van der Waals surface area contributed by atoms with Gasteiger partial charge in [0, 0.05) is 6.07 Å². The molecule has 0 fully saturated rings. The van der Waals surface area contributed by atoms with Crippen molar-refractivity contribution in [1.82, 2.24) is 0 Å². The lowest BCUT2D eigenvalue weighted by molar-refractivity contribution is -0.116. The molecule has 0 saturated heterocycles. The second kappa shape index (κ2) is 2.65. The maximum Gasteiger partial charge on any atom is 0.246 e. The van der Waals surface area contributed by atoms with Crippen LogP contribution >= 0.6 is 0 Å². The smallest absolute Gasteiger partial charge is 0.246 e. The number of aromatic hydroxyl groups is 1. The molecule has 1 heterocycles. The summed E-state index contributed by atoms with van der Waals surface area (Å²) >= 11 is 0. The number of benzene rings is 1. The van der Waals surface area contributed by atoms with Crippen molar-refractivity contribution in [1.29, 1.82) is 0 Å². The number of nitrogens with one attached hydrogen (secondary N) is 2. The summed E-state index contributed by atoms with van der Waals surface area (Å²) in [6, 6.07) is 4.61. The van der Waals surface area contributed by atoms with Gasteiger partial charge < -0.3 is 15.7 Å². The Bertz CT molecular complexity index is 363. The average molecular weight is 178 g/mol. The zero-order valence-electron chi connectivity index (χ0n) is 7.16. The van der Waals surface area contributed by atoms with Crippen LogP contribution in [0.2, 0.25) is 0 Å². The van der Waals surface area contributed by atoms with Crippen molar-refractivity contribution in [3.05, 3.63) is 18.2 Å². The van der Waals surface area contributed by atoms with E-state index in [0.717, 1.165) is 5.69 Å². The Morgan fingerprint density at radius 1 is 1.38 bits per heavy atom. The number of amides is 1. The minimum Gasteiger partial charge on any atom is -0.508 e. The van der Waals surface area contributed by atoms with Crippen molar-refractivity contribution in [2.75, 3.05) is 10.6 Å². The number of anilines is 2. The van der Waals surface area contributed by atoms with Crippen LogP contribution in [0.4, 0.5) is 11.4 Å². The minimum absolute atomic E-state index is 0.0851. The Morgan fingerprint density at radius 3 is 2.92 bits per heavy atom. The van der Waals surface area contributed by atoms with Gasteiger partial charge in [0.2, 0.25) is 5.91 Å². The summed E-state index contributed by atoms with van der Waals surface area (Å²) in [6.45, 7) is 1.78. The van der Waals surface area contributed by atoms with E-state index in [-0.39, 0.29) is 17.7 Å². The summed E-state index contributed by atoms with van der Waals surface area (Å²) in [5.74, 6) is 0.0634. The summed E-state index contributed by atoms with van der Waals surface area (Å²) in [6.07, 6.45) is 0. The average Bonchev–Trinajstić information content (AvgIpc) is 2.08. The second-order valence-electron chi connectivity index (χ2n) is 3.09. The van der Waals surface area contributed by atoms with Crippen LogP contribution in [0.5, 0.6) is 5.75 Å². The second-order valence-corrected chi connectivity index (χ2v) is 3.09. The SMILES string of the molecule is CC1Nc2ccc(O)cc2NC1=O. The molecule has 1 aliphatic rings. The topological polar surface area (TPSA) is 61.4 Å². The molecular weight excluding hydrogens is 168 g/mol. The third kappa shape index (κ3) is 1.30. The van der Waals surface area contributed by atoms with E-state index in [4.69, 9.17) is 5.11 Å². The molecule has 1 aromatic rings. The number of phenols is 1. The summed E-state index contributed by atoms with van der Waals surface area (Å²) in [7, 11) is 0. The number of carbonyl (C=O) groups is 1. The van der Waals surface area contributed by atoms with Crippen LogP contribution < -0.4 is 10.6 Å². The van der Waals surface area contributed by atoms with E-state index in [1.54, 1.807) is 19.1 Å². The molecule has 2 rings (SSSR count). The lowest BCUT2D eigenvalue weighted by Gasteiger charge is -2.23. The van der Waals surface area contributed by atoms with Crippen LogP contribution in [0.15, 0.2) is 18.2 Å². The van der Waals surface area contributed by atoms with Crippen LogP contribution in [-0.2, 0) is 4.79 Å². The predicted octanol–water partition coefficient (Wildman–Crippen LogP) is 1.14. The van der Waals surface area contributed by atoms with E-state index >= 15 is 0 Å². The molecule has 0 aromatic heterocycles. The molecule has 1 aliphatic heterocycles. The maximum absolute atomic E-state index is 11.2. The first-order valence-corrected chi connectivity index (χ1v) is 4.07. The number of hydrogen-bond acceptors (Lipinski definition) is 3. The van der Waals surface area contributed by atoms with Crippen LogP contribution in [0.3, 0.4) is 0 Å². The highest BCUT2D eigenvalue weighted by Crippen LogP contribution is 2.29. The Balaban J connectivity index is 2.42. The molecule has 0 bridgehead atoms. The standard InChI is InChI=1S/C9H10N2O2/c1-5-9(13)11-8-4-6(12)2-3-7(8)10-5/h2-5,10,12H,1H3,(H,11,13). The summed E-state index contributed by atoms with van der Waals surface area (Å²) in [4.78, 5) is 11.2. The molecule has 13 heavy (non-hydrogen) atoms. The number of carbonyl (C=O) groups excluding carboxylic acids is 1. The molecule has 4 heteroatoms. The van der Waals surface area contributed by atoms with Gasteiger partial charge in [-0.15, -0.1) is 0 Å². The van der Waals surface area contributed by atoms with Gasteiger partial charge in [0.1, 0.15) is 11.8 Å². The van der Waals surface area contributed by atoms with Crippen molar-refractivity contribution < 1.29 is 9.90 Å². The van der Waals surface area contributed by atoms with Crippen LogP contribution in [0.25, 0.3) is 0 Å². The van der Waals surface area contributed by atoms with Gasteiger partial charge in [0.25, 0.3) is 0 Å². The van der Waals surface area contributed by atoms with Crippen LogP contribution in [0, 0.1) is 0 Å². The van der Waals surface area contributed by atoms with Gasteiger partial charge in [-0.1, -0.05) is 0 Å². The molecule has 1 amide bonds. The predicted molar refractivity (Wildman–Crippen MR) is 49.8 cm³/mol. The molecule has 4 nitrogen and oxygen atoms in total. The lowest BCUT2D eigenvalue weighted by Crippen LogP contribution is -2.36. The Labute approximate surface area is 75.6 Å². The van der Waals surface area contributed by atoms with Gasteiger partial charge in [-0.25, -0.2) is 0 Å². The Hall–Kier alpha value is -1.71. The molecular formula is C9H10N2O2. The van der Waals surface area contributed by atoms with Gasteiger partial charge in [-0.2, -0.15) is 0 Å². The van der Waals surface area contributed by atoms with E-state index < -0.39 is 0 Å². The summed E-state index contributed by atoms with van der Waals surface area (Å²) < 4.78 is 0. The third-order valence-electron chi connectivity index (χ3n) is 2.03. The normalized spacial score (nSPS) is 20.1. The first kappa shape index (κ1) is 7.91. The van der Waals surface area contributed by atoms with Crippen molar-refractivity contribution in [2.45, 2.75) is 13.0 Å². The van der Waals surface area contributed by atoms with Crippen molar-refractivity contribution in [3.63, 3.8) is 0 Å². The first-order valence-electron chi connectivity index (χ1n) is 4.07. The fourth-order valence-electron chi connectivity index (χ4n) is 1.30. The Kier molecular flexibility index (Phi) is 1.62. The quantitative estimate of drug-likeness (QED) is 0.522. The fourth-order valence-corrected chi connectivity index (χ4v) is 1.30. The minimum atomic E-state index is -0.225. The fraction of sp³-hybridized carbons (Fsp3) is 0.222. The van der Waals surface area contributed by atoms with E-state index in [0.29, 0.717) is 5.69 Å². The molecule has 0 aliphatic carbocycles. The van der Waals surface area contributed by atoms with Crippen LogP contribution in [-0.4, -0.2) is 17.1 Å². The lowest BCUT2D eigenvalue weighted by atomic mass is 10.1. The zero-order valence-corrected chi connectivity index (χ0v) is 7.16. The van der Waals surface area contributed by atoms with Crippen molar-refractivity contribution >= 4 is 17.3 Å². The van der Waals surface area contributed by atoms with E-state index in [1.807, 2.05) is 0 Å². The molecule has 0 saturated carbocycles. The summed E-state index contributed by atoms with van der Waals surface area (Å²) in [5, 5.41) is 14.9. The third-order valence-corrected chi connectivity index (χ3v) is 2.03. The van der Waals surface area contributed by atoms with E-state index in [1.165, 1.54) is 6.07 Å². The molecule has 1 unspecified atom stereocenters. The van der Waals surface area contributed by atoms with E-state index in [9.17, 15) is 4.79 Å². The van der Waals surface area contributed by atoms with Gasteiger partial charge in [-0.05, 0) is 19.1 Å². The summed E-state index contributed by atoms with van der Waals surface area (Å²) in [5.41, 5.74) is 1.47. The highest BCUT2D eigenvalue weighted by Gasteiger charge is 2.20. The molecule has 0 spiro atoms. The van der Waals surface area contributed by atoms with Crippen molar-refractivity contribution in [3.8, 4) is 5.75 Å². The molecule has 3 N–H and O–H groups in total. The Morgan fingerprint density at radius 2 is 2.15 bits per heavy atom. The van der Waals surface area contributed by atoms with Gasteiger partial charge in [0.05, 0.1) is 11.4 Å². The number of hydrogen-bond donors (Lipinski definition) is 3. The largest absolute Gasteiger partial charge is 0.508 e. The molecule has 0 radical (unpaired) electrons. The van der Waals surface area contributed by atoms with Gasteiger partial charge in [-0.3, -0.25) is 4.79 Å². The van der Waals surface area contributed by atoms with Crippen molar-refractivity contribution in [2.24, 2.45) is 0 Å². The van der Waals surface area contributed by atoms with Gasteiger partial charge >= 0.3 is 0 Å². The van der Waals surface area contributed by atoms with Crippen LogP contribution in [0.1, 0.15) is 6.92 Å². The number of fused-ring (bicyclic) bond motifs is 1. The zero-order chi connectivity index (χ0) is 9.42. The number of rotatable bonds is 0. The monoisotopic (exact) mass is 178 g/mol. The molecule has 1 atom stereocenters. The van der Waals surface area contributed by atoms with Gasteiger partial charge in [0.15, 0.2) is 0 Å². The number of phenolic OH excluding ortho intramolecular Hbond substituents is 1.